The third kappa shape index (κ3) is 3.83. The molecule has 1 aromatic carbocycles. The second-order valence-electron chi connectivity index (χ2n) is 7.77. The number of alkyl carbamates (subject to hydrolysis) is 1. The van der Waals surface area contributed by atoms with Crippen molar-refractivity contribution >= 4 is 28.7 Å². The van der Waals surface area contributed by atoms with E-state index in [2.05, 4.69) is 10.3 Å². The average molecular weight is 411 g/mol. The molecule has 3 atom stereocenters. The van der Waals surface area contributed by atoms with E-state index in [0.29, 0.717) is 12.4 Å². The average Bonchev–Trinajstić information content (AvgIpc) is 2.90. The topological polar surface area (TPSA) is 103 Å². The number of nitrogens with one attached hydrogen (secondary N) is 1. The van der Waals surface area contributed by atoms with Gasteiger partial charge in [-0.1, -0.05) is 11.8 Å². The first-order valence-corrected chi connectivity index (χ1v) is 9.80. The summed E-state index contributed by atoms with van der Waals surface area (Å²) in [5.74, 6) is -0.269. The van der Waals surface area contributed by atoms with E-state index in [-0.39, 0.29) is 22.3 Å². The Kier molecular flexibility index (Phi) is 5.37. The first-order chi connectivity index (χ1) is 13.0. The number of nitro benzene ring substituents is 1. The van der Waals surface area contributed by atoms with Gasteiger partial charge in [-0.05, 0) is 33.8 Å². The summed E-state index contributed by atoms with van der Waals surface area (Å²) in [5.41, 5.74) is -1.97. The normalized spacial score (nSPS) is 27.0. The van der Waals surface area contributed by atoms with Crippen LogP contribution >= 0.6 is 11.8 Å². The summed E-state index contributed by atoms with van der Waals surface area (Å²) < 4.78 is 25.8. The molecule has 10 heteroatoms. The van der Waals surface area contributed by atoms with Gasteiger partial charge in [0.05, 0.1) is 17.6 Å². The van der Waals surface area contributed by atoms with Crippen LogP contribution in [0.3, 0.4) is 0 Å². The van der Waals surface area contributed by atoms with E-state index in [1.165, 1.54) is 17.8 Å². The summed E-state index contributed by atoms with van der Waals surface area (Å²) in [5, 5.41) is 14.1. The minimum Gasteiger partial charge on any atom is -0.444 e. The fourth-order valence-electron chi connectivity index (χ4n) is 3.47. The monoisotopic (exact) mass is 411 g/mol. The number of nitrogens with zero attached hydrogens (tertiary/aromatic N) is 2. The molecule has 0 aromatic heterocycles. The molecule has 0 bridgehead atoms. The molecule has 1 fully saturated rings. The Morgan fingerprint density at radius 2 is 2.21 bits per heavy atom. The van der Waals surface area contributed by atoms with Crippen molar-refractivity contribution in [2.75, 3.05) is 12.4 Å². The third-order valence-electron chi connectivity index (χ3n) is 4.70. The Morgan fingerprint density at radius 1 is 1.50 bits per heavy atom. The highest BCUT2D eigenvalue weighted by Gasteiger charge is 2.54. The number of halogens is 1. The molecule has 0 spiro atoms. The van der Waals surface area contributed by atoms with Gasteiger partial charge in [0.15, 0.2) is 5.17 Å². The van der Waals surface area contributed by atoms with Crippen LogP contribution in [0.25, 0.3) is 0 Å². The van der Waals surface area contributed by atoms with Crippen LogP contribution in [0, 0.1) is 21.8 Å². The molecule has 1 aromatic rings. The van der Waals surface area contributed by atoms with Gasteiger partial charge < -0.3 is 9.47 Å². The van der Waals surface area contributed by atoms with Crippen molar-refractivity contribution in [1.82, 2.24) is 5.32 Å². The maximum absolute atomic E-state index is 14.8. The number of amides is 1. The number of amidine groups is 1. The number of non-ortho nitro benzene ring substituents is 1. The highest BCUT2D eigenvalue weighted by atomic mass is 32.2. The number of thioether (sulfide) groups is 1. The van der Waals surface area contributed by atoms with Gasteiger partial charge in [-0.2, -0.15) is 0 Å². The molecule has 1 saturated heterocycles. The van der Waals surface area contributed by atoms with E-state index >= 15 is 0 Å². The number of rotatable bonds is 2. The first-order valence-electron chi connectivity index (χ1n) is 8.81. The Hall–Kier alpha value is -2.20. The van der Waals surface area contributed by atoms with Crippen molar-refractivity contribution < 1.29 is 23.6 Å². The van der Waals surface area contributed by atoms with Crippen molar-refractivity contribution in [3.05, 3.63) is 39.7 Å². The molecule has 0 aliphatic carbocycles. The minimum absolute atomic E-state index is 0.0977. The SMILES string of the molecule is C[C@@H]1OCC2CSC(NC(=O)OC(C)(C)C)=N[C@]21c1cc([N+](=O)[O-])ccc1F. The second kappa shape index (κ2) is 7.32. The number of carbonyl (C=O) groups is 1. The fraction of sp³-hybridized carbons (Fsp3) is 0.556. The van der Waals surface area contributed by atoms with Crippen molar-refractivity contribution in [3.63, 3.8) is 0 Å². The summed E-state index contributed by atoms with van der Waals surface area (Å²) in [6.07, 6.45) is -1.19. The first kappa shape index (κ1) is 20.5. The number of hydrogen-bond acceptors (Lipinski definition) is 7. The summed E-state index contributed by atoms with van der Waals surface area (Å²) in [7, 11) is 0. The van der Waals surface area contributed by atoms with E-state index < -0.39 is 34.1 Å². The molecular formula is C18H22FN3O5S. The predicted molar refractivity (Wildman–Crippen MR) is 103 cm³/mol. The van der Waals surface area contributed by atoms with E-state index in [1.54, 1.807) is 27.7 Å². The van der Waals surface area contributed by atoms with Crippen LogP contribution in [-0.4, -0.2) is 40.2 Å². The molecular weight excluding hydrogens is 389 g/mol. The number of benzene rings is 1. The zero-order valence-corrected chi connectivity index (χ0v) is 16.8. The van der Waals surface area contributed by atoms with Gasteiger partial charge in [0.2, 0.25) is 0 Å². The highest BCUT2D eigenvalue weighted by Crippen LogP contribution is 2.49. The van der Waals surface area contributed by atoms with E-state index in [0.717, 1.165) is 12.1 Å². The van der Waals surface area contributed by atoms with Gasteiger partial charge in [-0.3, -0.25) is 15.4 Å². The summed E-state index contributed by atoms with van der Waals surface area (Å²) in [6.45, 7) is 7.32. The molecule has 28 heavy (non-hydrogen) atoms. The maximum Gasteiger partial charge on any atom is 0.413 e. The number of carbonyl (C=O) groups excluding carboxylic acids is 1. The van der Waals surface area contributed by atoms with Gasteiger partial charge in [0.25, 0.3) is 5.69 Å². The smallest absolute Gasteiger partial charge is 0.413 e. The standard InChI is InChI=1S/C18H22FN3O5S/c1-10-18(13-7-12(22(24)25)5-6-14(13)19)11(8-26-10)9-28-15(21-18)20-16(23)27-17(2,3)4/h5-7,10-11H,8-9H2,1-4H3,(H,20,21,23)/t10-,11?,18-/m0/s1. The number of hydrogen-bond donors (Lipinski definition) is 1. The second-order valence-corrected chi connectivity index (χ2v) is 8.78. The van der Waals surface area contributed by atoms with Crippen molar-refractivity contribution in [1.29, 1.82) is 0 Å². The molecule has 2 aliphatic heterocycles. The Labute approximate surface area is 166 Å². The highest BCUT2D eigenvalue weighted by molar-refractivity contribution is 8.13. The van der Waals surface area contributed by atoms with Crippen LogP contribution < -0.4 is 5.32 Å². The zero-order valence-electron chi connectivity index (χ0n) is 16.0. The Balaban J connectivity index is 2.03. The van der Waals surface area contributed by atoms with Crippen molar-refractivity contribution in [2.24, 2.45) is 10.9 Å². The molecule has 8 nitrogen and oxygen atoms in total. The third-order valence-corrected chi connectivity index (χ3v) is 5.73. The zero-order chi connectivity index (χ0) is 20.7. The van der Waals surface area contributed by atoms with Crippen LogP contribution in [0.1, 0.15) is 33.3 Å². The quantitative estimate of drug-likeness (QED) is 0.589. The number of fused-ring (bicyclic) bond motifs is 1. The molecule has 2 aliphatic rings. The van der Waals surface area contributed by atoms with Crippen LogP contribution in [0.2, 0.25) is 0 Å². The minimum atomic E-state index is -1.16. The van der Waals surface area contributed by atoms with Gasteiger partial charge in [0, 0.05) is 29.4 Å². The molecule has 2 heterocycles. The molecule has 152 valence electrons. The van der Waals surface area contributed by atoms with E-state index in [4.69, 9.17) is 9.47 Å². The lowest BCUT2D eigenvalue weighted by molar-refractivity contribution is -0.385. The van der Waals surface area contributed by atoms with Gasteiger partial charge in [0.1, 0.15) is 17.0 Å². The predicted octanol–water partition coefficient (Wildman–Crippen LogP) is 3.59. The summed E-state index contributed by atoms with van der Waals surface area (Å²) in [4.78, 5) is 27.4. The van der Waals surface area contributed by atoms with Gasteiger partial charge in [-0.15, -0.1) is 0 Å². The molecule has 1 unspecified atom stereocenters. The summed E-state index contributed by atoms with van der Waals surface area (Å²) in [6, 6.07) is 3.40. The van der Waals surface area contributed by atoms with E-state index in [9.17, 15) is 19.3 Å². The lowest BCUT2D eigenvalue weighted by Crippen LogP contribution is -2.46. The Bertz CT molecular complexity index is 841. The largest absolute Gasteiger partial charge is 0.444 e. The van der Waals surface area contributed by atoms with Crippen molar-refractivity contribution in [2.45, 2.75) is 44.9 Å². The fourth-order valence-corrected chi connectivity index (χ4v) is 4.55. The molecule has 1 N–H and O–H groups in total. The molecule has 1 amide bonds. The lowest BCUT2D eigenvalue weighted by Gasteiger charge is -2.37. The van der Waals surface area contributed by atoms with Crippen LogP contribution in [0.15, 0.2) is 23.2 Å². The molecule has 0 saturated carbocycles. The number of aliphatic imine (C=N–C) groups is 1. The molecule has 3 rings (SSSR count). The van der Waals surface area contributed by atoms with Crippen molar-refractivity contribution in [3.8, 4) is 0 Å². The van der Waals surface area contributed by atoms with Crippen LogP contribution in [0.5, 0.6) is 0 Å². The van der Waals surface area contributed by atoms with Crippen LogP contribution in [0.4, 0.5) is 14.9 Å². The Morgan fingerprint density at radius 3 is 2.86 bits per heavy atom. The maximum atomic E-state index is 14.8. The number of nitro groups is 1. The summed E-state index contributed by atoms with van der Waals surface area (Å²) >= 11 is 1.31. The van der Waals surface area contributed by atoms with E-state index in [1.807, 2.05) is 0 Å². The van der Waals surface area contributed by atoms with Gasteiger partial charge in [-0.25, -0.2) is 14.2 Å². The van der Waals surface area contributed by atoms with Crippen LogP contribution in [-0.2, 0) is 15.0 Å². The lowest BCUT2D eigenvalue weighted by atomic mass is 9.77. The molecule has 0 radical (unpaired) electrons. The number of ether oxygens (including phenoxy) is 2. The van der Waals surface area contributed by atoms with Gasteiger partial charge >= 0.3 is 6.09 Å².